The zero-order valence-electron chi connectivity index (χ0n) is 19.0. The largest absolute Gasteiger partial charge is 1.00 e. The Hall–Kier alpha value is 3.03. The summed E-state index contributed by atoms with van der Waals surface area (Å²) in [7, 11) is 0. The average molecular weight is 553 g/mol. The van der Waals surface area contributed by atoms with Gasteiger partial charge in [0, 0.05) is 49.6 Å². The first kappa shape index (κ1) is 60.5. The van der Waals surface area contributed by atoms with Crippen LogP contribution in [0.2, 0.25) is 0 Å². The number of hydrogen-bond donors (Lipinski definition) is 2. The van der Waals surface area contributed by atoms with Crippen LogP contribution in [0.25, 0.3) is 0 Å². The van der Waals surface area contributed by atoms with Crippen molar-refractivity contribution in [3.8, 4) is 0 Å². The van der Waals surface area contributed by atoms with E-state index in [0.29, 0.717) is 0 Å². The second kappa shape index (κ2) is 29.6. The van der Waals surface area contributed by atoms with Crippen LogP contribution in [0, 0.1) is 0 Å². The summed E-state index contributed by atoms with van der Waals surface area (Å²) in [6.07, 6.45) is -5.43. The Morgan fingerprint density at radius 3 is 0.636 bits per heavy atom. The molecule has 21 heteroatoms. The van der Waals surface area contributed by atoms with Gasteiger partial charge in [-0.3, -0.25) is 0 Å². The molecule has 14 nitrogen and oxygen atoms in total. The Balaban J connectivity index is -0.0000000411. The number of hydrogen-bond acceptors (Lipinski definition) is 14. The number of halogens is 1. The Labute approximate surface area is 326 Å². The fourth-order valence-electron chi connectivity index (χ4n) is 1.37. The topological polar surface area (TPSA) is 281 Å². The van der Waals surface area contributed by atoms with E-state index < -0.39 is 72.7 Å². The number of aliphatic hydroxyl groups is 2. The zero-order chi connectivity index (χ0) is 21.3. The predicted octanol–water partition coefficient (Wildman–Crippen LogP) is -28.1. The van der Waals surface area contributed by atoms with Crippen LogP contribution in [-0.4, -0.2) is 57.2 Å². The van der Waals surface area contributed by atoms with E-state index in [1.54, 1.807) is 0 Å². The van der Waals surface area contributed by atoms with Crippen LogP contribution < -0.4 is 208 Å². The third-order valence-corrected chi connectivity index (χ3v) is 2.51. The smallest absolute Gasteiger partial charge is 0.550 e. The van der Waals surface area contributed by atoms with Gasteiger partial charge in [0.25, 0.3) is 0 Å². The van der Waals surface area contributed by atoms with Gasteiger partial charge in [-0.1, -0.05) is 0 Å². The van der Waals surface area contributed by atoms with Crippen LogP contribution in [-0.2, 0) is 28.8 Å². The molecule has 0 atom stereocenters. The summed E-state index contributed by atoms with van der Waals surface area (Å²) < 4.78 is 0. The number of aliphatic carboxylic acids is 6. The summed E-state index contributed by atoms with van der Waals surface area (Å²) in [5, 5.41) is 77.9. The van der Waals surface area contributed by atoms with E-state index in [1.165, 1.54) is 0 Å². The fraction of sp³-hybridized carbons (Fsp3) is 0.500. The van der Waals surface area contributed by atoms with Crippen molar-refractivity contribution in [2.45, 2.75) is 36.9 Å². The van der Waals surface area contributed by atoms with Gasteiger partial charge >= 0.3 is 177 Å². The van der Waals surface area contributed by atoms with Crippen LogP contribution in [0.1, 0.15) is 25.7 Å². The minimum absolute atomic E-state index is 0. The number of carbonyl (C=O) groups is 6. The van der Waals surface area contributed by atoms with Gasteiger partial charge in [-0.05, 0) is 0 Å². The third-order valence-electron chi connectivity index (χ3n) is 2.51. The minimum Gasteiger partial charge on any atom is -0.550 e. The maximum absolute atomic E-state index is 10.1. The van der Waals surface area contributed by atoms with Crippen molar-refractivity contribution in [3.05, 3.63) is 0 Å². The molecule has 0 radical (unpaired) electrons. The van der Waals surface area contributed by atoms with Crippen molar-refractivity contribution in [3.63, 3.8) is 0 Å². The molecule has 156 valence electrons. The normalized spacial score (nSPS) is 8.55. The van der Waals surface area contributed by atoms with Gasteiger partial charge in [-0.15, -0.1) is 12.4 Å². The SMILES string of the molecule is Cl.O=C([O-])CC(O)(CC(=O)[O-])C(=O)[O-].O=C([O-])CC(O)(CC(=O)[O-])C(=O)[O-].[Na+].[Na+].[Na+].[Na+].[Na+].[Na+]. The molecule has 0 bridgehead atoms. The number of carboxylic acid groups (broad SMARTS) is 6. The summed E-state index contributed by atoms with van der Waals surface area (Å²) in [6.45, 7) is 0. The zero-order valence-corrected chi connectivity index (χ0v) is 31.8. The van der Waals surface area contributed by atoms with Crippen molar-refractivity contribution < 1.29 is 247 Å². The molecule has 0 saturated heterocycles. The second-order valence-corrected chi connectivity index (χ2v) is 4.83. The minimum atomic E-state index is -2.97. The molecular formula is C12H11ClNa6O14. The summed E-state index contributed by atoms with van der Waals surface area (Å²) in [6, 6.07) is 0. The van der Waals surface area contributed by atoms with E-state index >= 15 is 0 Å². The molecule has 2 N–H and O–H groups in total. The molecule has 33 heavy (non-hydrogen) atoms. The van der Waals surface area contributed by atoms with Crippen molar-refractivity contribution in [2.24, 2.45) is 0 Å². The maximum Gasteiger partial charge on any atom is 1.00 e. The van der Waals surface area contributed by atoms with Crippen molar-refractivity contribution in [1.29, 1.82) is 0 Å². The van der Waals surface area contributed by atoms with Gasteiger partial charge in [0.1, 0.15) is 11.2 Å². The molecule has 0 heterocycles. The Bertz CT molecular complexity index is 535. The summed E-state index contributed by atoms with van der Waals surface area (Å²) >= 11 is 0. The van der Waals surface area contributed by atoms with Crippen LogP contribution >= 0.6 is 12.4 Å². The molecule has 0 unspecified atom stereocenters. The van der Waals surface area contributed by atoms with Crippen LogP contribution in [0.4, 0.5) is 0 Å². The molecule has 0 aliphatic heterocycles. The Morgan fingerprint density at radius 1 is 0.455 bits per heavy atom. The van der Waals surface area contributed by atoms with E-state index in [0.717, 1.165) is 0 Å². The maximum atomic E-state index is 10.1. The number of rotatable bonds is 10. The summed E-state index contributed by atoms with van der Waals surface area (Å²) in [5.41, 5.74) is -5.95. The molecule has 0 aliphatic carbocycles. The third kappa shape index (κ3) is 31.1. The summed E-state index contributed by atoms with van der Waals surface area (Å²) in [5.74, 6) is -12.0. The molecule has 0 spiro atoms. The molecule has 0 aromatic carbocycles. The number of carboxylic acids is 6. The molecule has 0 aromatic heterocycles. The molecule has 0 fully saturated rings. The monoisotopic (exact) mass is 552 g/mol. The molecule has 0 amide bonds. The van der Waals surface area contributed by atoms with Crippen molar-refractivity contribution in [2.75, 3.05) is 0 Å². The predicted molar refractivity (Wildman–Crippen MR) is 65.7 cm³/mol. The van der Waals surface area contributed by atoms with Crippen molar-refractivity contribution >= 4 is 48.2 Å². The first-order chi connectivity index (χ1) is 11.6. The van der Waals surface area contributed by atoms with Gasteiger partial charge in [0.2, 0.25) is 0 Å². The Morgan fingerprint density at radius 2 is 0.576 bits per heavy atom. The van der Waals surface area contributed by atoms with Crippen molar-refractivity contribution in [1.82, 2.24) is 0 Å². The average Bonchev–Trinajstić information content (AvgIpc) is 2.34. The van der Waals surface area contributed by atoms with Gasteiger partial charge in [-0.2, -0.15) is 0 Å². The molecule has 0 saturated carbocycles. The van der Waals surface area contributed by atoms with Gasteiger partial charge in [-0.25, -0.2) is 0 Å². The van der Waals surface area contributed by atoms with Gasteiger partial charge in [0.15, 0.2) is 0 Å². The number of carbonyl (C=O) groups excluding carboxylic acids is 6. The Kier molecular flexibility index (Phi) is 54.2. The van der Waals surface area contributed by atoms with Crippen LogP contribution in [0.5, 0.6) is 0 Å². The molecule has 0 aliphatic rings. The molecular weight excluding hydrogens is 542 g/mol. The van der Waals surface area contributed by atoms with E-state index in [1.807, 2.05) is 0 Å². The fourth-order valence-corrected chi connectivity index (χ4v) is 1.37. The molecule has 0 rings (SSSR count). The first-order valence-corrected chi connectivity index (χ1v) is 6.23. The molecule has 0 aromatic rings. The van der Waals surface area contributed by atoms with Crippen LogP contribution in [0.15, 0.2) is 0 Å². The standard InChI is InChI=1S/2C6H8O7.ClH.6Na/c2*7-3(8)1-6(13,5(11)12)2-4(9)10;;;;;;;/h2*13H,1-2H2,(H,7,8)(H,9,10)(H,11,12);1H;;;;;;/q;;;6*+1/p-6. The van der Waals surface area contributed by atoms with E-state index in [2.05, 4.69) is 0 Å². The van der Waals surface area contributed by atoms with Gasteiger partial charge in [0.05, 0.1) is 11.9 Å². The van der Waals surface area contributed by atoms with Gasteiger partial charge < -0.3 is 69.6 Å². The van der Waals surface area contributed by atoms with E-state index in [4.69, 9.17) is 10.2 Å². The van der Waals surface area contributed by atoms with E-state index in [-0.39, 0.29) is 190 Å². The second-order valence-electron chi connectivity index (χ2n) is 4.83. The van der Waals surface area contributed by atoms with Crippen LogP contribution in [0.3, 0.4) is 0 Å². The first-order valence-electron chi connectivity index (χ1n) is 6.23. The van der Waals surface area contributed by atoms with E-state index in [9.17, 15) is 59.4 Å². The summed E-state index contributed by atoms with van der Waals surface area (Å²) in [4.78, 5) is 60.0. The quantitative estimate of drug-likeness (QED) is 0.238.